The van der Waals surface area contributed by atoms with Crippen LogP contribution in [0.25, 0.3) is 0 Å². The summed E-state index contributed by atoms with van der Waals surface area (Å²) in [5.41, 5.74) is 5.46. The number of rotatable bonds is 1. The zero-order chi connectivity index (χ0) is 8.48. The maximum atomic E-state index is 11.2. The van der Waals surface area contributed by atoms with Gasteiger partial charge in [-0.15, -0.1) is 0 Å². The van der Waals surface area contributed by atoms with Crippen molar-refractivity contribution in [3.8, 4) is 0 Å². The summed E-state index contributed by atoms with van der Waals surface area (Å²) in [6.45, 7) is 2.40. The van der Waals surface area contributed by atoms with E-state index in [1.807, 2.05) is 0 Å². The monoisotopic (exact) mass is 177 g/mol. The normalized spacial score (nSPS) is 36.9. The highest BCUT2D eigenvalue weighted by Gasteiger charge is 2.29. The molecule has 0 aromatic rings. The molecule has 1 saturated heterocycles. The summed E-state index contributed by atoms with van der Waals surface area (Å²) in [6.07, 6.45) is 1.50. The summed E-state index contributed by atoms with van der Waals surface area (Å²) in [6, 6.07) is 0. The summed E-state index contributed by atoms with van der Waals surface area (Å²) in [4.78, 5) is 0. The van der Waals surface area contributed by atoms with Gasteiger partial charge in [0, 0.05) is 0 Å². The van der Waals surface area contributed by atoms with Crippen molar-refractivity contribution in [2.24, 2.45) is 11.7 Å². The van der Waals surface area contributed by atoms with E-state index in [1.165, 1.54) is 0 Å². The molecule has 3 nitrogen and oxygen atoms in total. The predicted octanol–water partition coefficient (Wildman–Crippen LogP) is 0.158. The Bertz CT molecular complexity index is 223. The third kappa shape index (κ3) is 1.93. The minimum absolute atomic E-state index is 0.176. The van der Waals surface area contributed by atoms with Crippen molar-refractivity contribution < 1.29 is 8.42 Å². The molecule has 0 saturated carbocycles. The highest BCUT2D eigenvalue weighted by molar-refractivity contribution is 7.92. The molecule has 66 valence electrons. The summed E-state index contributed by atoms with van der Waals surface area (Å²) >= 11 is 0. The smallest absolute Gasteiger partial charge is 0.152 e. The Hall–Kier alpha value is -0.0900. The van der Waals surface area contributed by atoms with E-state index < -0.39 is 9.84 Å². The van der Waals surface area contributed by atoms with Crippen molar-refractivity contribution in [2.75, 3.05) is 12.3 Å². The Balaban J connectivity index is 2.62. The first-order chi connectivity index (χ1) is 5.06. The van der Waals surface area contributed by atoms with Gasteiger partial charge in [0.15, 0.2) is 9.84 Å². The van der Waals surface area contributed by atoms with Crippen LogP contribution in [0, 0.1) is 5.92 Å². The number of sulfone groups is 1. The topological polar surface area (TPSA) is 60.2 Å². The largest absolute Gasteiger partial charge is 0.330 e. The van der Waals surface area contributed by atoms with E-state index in [1.54, 1.807) is 6.92 Å². The van der Waals surface area contributed by atoms with Crippen LogP contribution in [0.2, 0.25) is 0 Å². The minimum Gasteiger partial charge on any atom is -0.330 e. The van der Waals surface area contributed by atoms with E-state index >= 15 is 0 Å². The van der Waals surface area contributed by atoms with Crippen LogP contribution in [0.1, 0.15) is 19.8 Å². The van der Waals surface area contributed by atoms with Gasteiger partial charge < -0.3 is 5.73 Å². The van der Waals surface area contributed by atoms with Crippen molar-refractivity contribution in [3.63, 3.8) is 0 Å². The van der Waals surface area contributed by atoms with E-state index in [-0.39, 0.29) is 5.25 Å². The Kier molecular flexibility index (Phi) is 2.54. The number of hydrogen-bond donors (Lipinski definition) is 1. The maximum absolute atomic E-state index is 11.2. The second-order valence-electron chi connectivity index (χ2n) is 3.30. The first-order valence-corrected chi connectivity index (χ1v) is 5.69. The van der Waals surface area contributed by atoms with Gasteiger partial charge in [0.05, 0.1) is 11.0 Å². The van der Waals surface area contributed by atoms with Crippen molar-refractivity contribution in [2.45, 2.75) is 25.0 Å². The van der Waals surface area contributed by atoms with Crippen LogP contribution in [-0.2, 0) is 9.84 Å². The summed E-state index contributed by atoms with van der Waals surface area (Å²) in [5, 5.41) is -0.176. The molecule has 0 aromatic heterocycles. The second kappa shape index (κ2) is 3.11. The maximum Gasteiger partial charge on any atom is 0.152 e. The van der Waals surface area contributed by atoms with E-state index in [0.717, 1.165) is 12.8 Å². The molecule has 2 atom stereocenters. The van der Waals surface area contributed by atoms with Gasteiger partial charge in [-0.05, 0) is 32.2 Å². The third-order valence-corrected chi connectivity index (χ3v) is 4.65. The fourth-order valence-corrected chi connectivity index (χ4v) is 3.11. The first kappa shape index (κ1) is 9.00. The van der Waals surface area contributed by atoms with Crippen LogP contribution in [0.15, 0.2) is 0 Å². The van der Waals surface area contributed by atoms with Gasteiger partial charge in [0.2, 0.25) is 0 Å². The molecule has 1 fully saturated rings. The van der Waals surface area contributed by atoms with Gasteiger partial charge in [0.1, 0.15) is 0 Å². The second-order valence-corrected chi connectivity index (χ2v) is 5.84. The van der Waals surface area contributed by atoms with Crippen molar-refractivity contribution >= 4 is 9.84 Å². The highest BCUT2D eigenvalue weighted by atomic mass is 32.2. The Morgan fingerprint density at radius 3 is 2.64 bits per heavy atom. The molecule has 0 aliphatic carbocycles. The van der Waals surface area contributed by atoms with E-state index in [4.69, 9.17) is 5.73 Å². The zero-order valence-electron chi connectivity index (χ0n) is 6.79. The highest BCUT2D eigenvalue weighted by Crippen LogP contribution is 2.23. The zero-order valence-corrected chi connectivity index (χ0v) is 7.60. The lowest BCUT2D eigenvalue weighted by molar-refractivity contribution is 0.441. The van der Waals surface area contributed by atoms with Crippen LogP contribution >= 0.6 is 0 Å². The van der Waals surface area contributed by atoms with Crippen LogP contribution < -0.4 is 5.73 Å². The van der Waals surface area contributed by atoms with Gasteiger partial charge in [-0.1, -0.05) is 0 Å². The molecular weight excluding hydrogens is 162 g/mol. The molecule has 1 aliphatic heterocycles. The predicted molar refractivity (Wildman–Crippen MR) is 45.0 cm³/mol. The molecular formula is C7H15NO2S. The molecule has 4 heteroatoms. The summed E-state index contributed by atoms with van der Waals surface area (Å²) in [5.74, 6) is 0.754. The first-order valence-electron chi connectivity index (χ1n) is 3.98. The molecule has 0 bridgehead atoms. The molecule has 11 heavy (non-hydrogen) atoms. The molecule has 1 aliphatic rings. The van der Waals surface area contributed by atoms with Crippen LogP contribution in [0.4, 0.5) is 0 Å². The van der Waals surface area contributed by atoms with E-state index in [2.05, 4.69) is 0 Å². The molecule has 0 aromatic carbocycles. The number of nitrogens with two attached hydrogens (primary N) is 1. The lowest BCUT2D eigenvalue weighted by Gasteiger charge is -2.25. The molecule has 0 radical (unpaired) electrons. The van der Waals surface area contributed by atoms with Crippen molar-refractivity contribution in [3.05, 3.63) is 0 Å². The average Bonchev–Trinajstić information content (AvgIpc) is 1.95. The standard InChI is InChI=1S/C7H15NO2S/c1-6-4-7(5-8)2-3-11(6,9)10/h6-7H,2-5,8H2,1H3/t6-,7+/m1/s1. The van der Waals surface area contributed by atoms with E-state index in [9.17, 15) is 8.42 Å². The van der Waals surface area contributed by atoms with Gasteiger partial charge in [-0.25, -0.2) is 8.42 Å². The lowest BCUT2D eigenvalue weighted by Crippen LogP contribution is -2.33. The molecule has 1 heterocycles. The SMILES string of the molecule is C[C@@H]1C[C@@H](CN)CCS1(=O)=O. The van der Waals surface area contributed by atoms with Crippen LogP contribution in [0.5, 0.6) is 0 Å². The van der Waals surface area contributed by atoms with Gasteiger partial charge in [-0.3, -0.25) is 0 Å². The molecule has 1 rings (SSSR count). The van der Waals surface area contributed by atoms with Gasteiger partial charge >= 0.3 is 0 Å². The van der Waals surface area contributed by atoms with Crippen molar-refractivity contribution in [1.82, 2.24) is 0 Å². The van der Waals surface area contributed by atoms with Crippen LogP contribution in [-0.4, -0.2) is 26.0 Å². The third-order valence-electron chi connectivity index (χ3n) is 2.42. The lowest BCUT2D eigenvalue weighted by atomic mass is 10.0. The minimum atomic E-state index is -2.76. The molecule has 2 N–H and O–H groups in total. The van der Waals surface area contributed by atoms with Crippen molar-refractivity contribution in [1.29, 1.82) is 0 Å². The fraction of sp³-hybridized carbons (Fsp3) is 1.00. The van der Waals surface area contributed by atoms with Gasteiger partial charge in [0.25, 0.3) is 0 Å². The summed E-state index contributed by atoms with van der Waals surface area (Å²) < 4.78 is 22.4. The van der Waals surface area contributed by atoms with Gasteiger partial charge in [-0.2, -0.15) is 0 Å². The molecule has 0 unspecified atom stereocenters. The quantitative estimate of drug-likeness (QED) is 0.620. The fourth-order valence-electron chi connectivity index (χ4n) is 1.48. The average molecular weight is 177 g/mol. The Morgan fingerprint density at radius 2 is 2.18 bits per heavy atom. The number of hydrogen-bond acceptors (Lipinski definition) is 3. The Morgan fingerprint density at radius 1 is 1.55 bits per heavy atom. The van der Waals surface area contributed by atoms with Crippen LogP contribution in [0.3, 0.4) is 0 Å². The Labute approximate surface area is 67.9 Å². The molecule has 0 spiro atoms. The molecule has 0 amide bonds. The summed E-state index contributed by atoms with van der Waals surface area (Å²) in [7, 11) is -2.76. The van der Waals surface area contributed by atoms with E-state index in [0.29, 0.717) is 18.2 Å².